The average Bonchev–Trinajstić information content (AvgIpc) is 3.30. The predicted octanol–water partition coefficient (Wildman–Crippen LogP) is 4.66. The minimum Gasteiger partial charge on any atom is -0.279 e. The lowest BCUT2D eigenvalue weighted by atomic mass is 10.2. The maximum atomic E-state index is 13.2. The summed E-state index contributed by atoms with van der Waals surface area (Å²) in [6.07, 6.45) is 3.45. The van der Waals surface area contributed by atoms with Gasteiger partial charge in [0.15, 0.2) is 5.13 Å². The van der Waals surface area contributed by atoms with Gasteiger partial charge in [0.1, 0.15) is 4.88 Å². The molecule has 0 aliphatic rings. The molecule has 0 radical (unpaired) electrons. The van der Waals surface area contributed by atoms with E-state index in [-0.39, 0.29) is 5.91 Å². The number of aromatic nitrogens is 4. The zero-order valence-corrected chi connectivity index (χ0v) is 16.9. The number of rotatable bonds is 4. The van der Waals surface area contributed by atoms with E-state index in [9.17, 15) is 4.79 Å². The minimum atomic E-state index is -0.172. The first-order chi connectivity index (χ1) is 13.0. The lowest BCUT2D eigenvalue weighted by molar-refractivity contribution is 0.0988. The molecule has 136 valence electrons. The summed E-state index contributed by atoms with van der Waals surface area (Å²) in [5.41, 5.74) is 3.24. The summed E-state index contributed by atoms with van der Waals surface area (Å²) >= 11 is 8.78. The van der Waals surface area contributed by atoms with Gasteiger partial charge in [0.05, 0.1) is 22.5 Å². The predicted molar refractivity (Wildman–Crippen MR) is 109 cm³/mol. The molecule has 1 amide bonds. The number of hydrogen-bond donors (Lipinski definition) is 0. The van der Waals surface area contributed by atoms with Crippen LogP contribution in [-0.2, 0) is 6.54 Å². The summed E-state index contributed by atoms with van der Waals surface area (Å²) in [6, 6.07) is 7.56. The Balaban J connectivity index is 1.81. The summed E-state index contributed by atoms with van der Waals surface area (Å²) in [5, 5.41) is 5.23. The zero-order valence-electron chi connectivity index (χ0n) is 14.5. The van der Waals surface area contributed by atoms with E-state index in [1.807, 2.05) is 31.2 Å². The van der Waals surface area contributed by atoms with E-state index in [0.717, 1.165) is 32.9 Å². The molecular weight excluding hydrogens is 402 g/mol. The maximum Gasteiger partial charge on any atom is 0.274 e. The van der Waals surface area contributed by atoms with Crippen molar-refractivity contribution in [1.29, 1.82) is 0 Å². The second-order valence-corrected chi connectivity index (χ2v) is 8.13. The van der Waals surface area contributed by atoms with Gasteiger partial charge in [0.25, 0.3) is 5.91 Å². The molecule has 0 fully saturated rings. The third-order valence-electron chi connectivity index (χ3n) is 4.12. The Labute approximate surface area is 168 Å². The number of anilines is 1. The molecule has 0 aliphatic heterocycles. The first-order valence-electron chi connectivity index (χ1n) is 8.10. The second kappa shape index (κ2) is 7.30. The highest BCUT2D eigenvalue weighted by molar-refractivity contribution is 7.22. The zero-order chi connectivity index (χ0) is 19.0. The molecular formula is C18H14ClN5OS2. The van der Waals surface area contributed by atoms with Crippen molar-refractivity contribution in [2.45, 2.75) is 20.4 Å². The van der Waals surface area contributed by atoms with Crippen LogP contribution in [0.4, 0.5) is 5.13 Å². The molecule has 1 aromatic carbocycles. The summed E-state index contributed by atoms with van der Waals surface area (Å²) in [5.74, 6) is -0.172. The third kappa shape index (κ3) is 3.43. The van der Waals surface area contributed by atoms with E-state index in [1.54, 1.807) is 24.2 Å². The molecule has 6 nitrogen and oxygen atoms in total. The normalized spacial score (nSPS) is 11.1. The Morgan fingerprint density at radius 2 is 2.11 bits per heavy atom. The van der Waals surface area contributed by atoms with Crippen molar-refractivity contribution in [3.8, 4) is 0 Å². The van der Waals surface area contributed by atoms with Crippen molar-refractivity contribution in [3.05, 3.63) is 63.4 Å². The molecule has 0 aliphatic carbocycles. The fourth-order valence-electron chi connectivity index (χ4n) is 2.66. The van der Waals surface area contributed by atoms with Crippen LogP contribution in [0, 0.1) is 13.8 Å². The minimum absolute atomic E-state index is 0.172. The molecule has 0 atom stereocenters. The molecule has 4 aromatic rings. The van der Waals surface area contributed by atoms with Gasteiger partial charge in [-0.15, -0.1) is 5.10 Å². The number of pyridine rings is 1. The molecule has 0 N–H and O–H groups in total. The van der Waals surface area contributed by atoms with E-state index in [0.29, 0.717) is 27.3 Å². The second-order valence-electron chi connectivity index (χ2n) is 5.96. The van der Waals surface area contributed by atoms with E-state index in [2.05, 4.69) is 14.6 Å². The van der Waals surface area contributed by atoms with Crippen LogP contribution in [0.1, 0.15) is 26.5 Å². The Hall–Kier alpha value is -2.42. The number of halogens is 1. The number of nitrogens with zero attached hydrogens (tertiary/aromatic N) is 5. The summed E-state index contributed by atoms with van der Waals surface area (Å²) in [4.78, 5) is 24.3. The smallest absolute Gasteiger partial charge is 0.274 e. The quantitative estimate of drug-likeness (QED) is 0.484. The van der Waals surface area contributed by atoms with Crippen LogP contribution in [0.3, 0.4) is 0 Å². The summed E-state index contributed by atoms with van der Waals surface area (Å²) in [7, 11) is 0. The number of amides is 1. The van der Waals surface area contributed by atoms with Crippen LogP contribution in [0.25, 0.3) is 10.2 Å². The number of aryl methyl sites for hydroxylation is 2. The Morgan fingerprint density at radius 3 is 2.81 bits per heavy atom. The first-order valence-corrected chi connectivity index (χ1v) is 10.1. The van der Waals surface area contributed by atoms with Crippen molar-refractivity contribution in [1.82, 2.24) is 19.6 Å². The van der Waals surface area contributed by atoms with Crippen LogP contribution >= 0.6 is 34.5 Å². The molecule has 3 heterocycles. The van der Waals surface area contributed by atoms with Gasteiger partial charge >= 0.3 is 0 Å². The molecule has 4 rings (SSSR count). The highest BCUT2D eigenvalue weighted by Gasteiger charge is 2.25. The molecule has 0 saturated carbocycles. The molecule has 0 bridgehead atoms. The van der Waals surface area contributed by atoms with E-state index < -0.39 is 0 Å². The van der Waals surface area contributed by atoms with Gasteiger partial charge in [0, 0.05) is 17.4 Å². The van der Waals surface area contributed by atoms with Crippen molar-refractivity contribution < 1.29 is 4.79 Å². The molecule has 0 unspecified atom stereocenters. The molecule has 0 saturated heterocycles. The van der Waals surface area contributed by atoms with Gasteiger partial charge in [-0.1, -0.05) is 33.5 Å². The highest BCUT2D eigenvalue weighted by Crippen LogP contribution is 2.35. The number of fused-ring (bicyclic) bond motifs is 1. The maximum absolute atomic E-state index is 13.2. The molecule has 3 aromatic heterocycles. The monoisotopic (exact) mass is 415 g/mol. The lowest BCUT2D eigenvalue weighted by Crippen LogP contribution is -2.30. The van der Waals surface area contributed by atoms with Crippen LogP contribution in [0.5, 0.6) is 0 Å². The van der Waals surface area contributed by atoms with Gasteiger partial charge in [-0.2, -0.15) is 0 Å². The number of carbonyl (C=O) groups is 1. The Morgan fingerprint density at radius 1 is 1.26 bits per heavy atom. The average molecular weight is 416 g/mol. The van der Waals surface area contributed by atoms with Crippen LogP contribution in [0.2, 0.25) is 5.02 Å². The molecule has 0 spiro atoms. The van der Waals surface area contributed by atoms with Crippen LogP contribution in [0.15, 0.2) is 36.7 Å². The van der Waals surface area contributed by atoms with Crippen molar-refractivity contribution >= 4 is 55.7 Å². The fourth-order valence-corrected chi connectivity index (χ4v) is 4.44. The number of carbonyl (C=O) groups excluding carboxylic acids is 1. The largest absolute Gasteiger partial charge is 0.279 e. The van der Waals surface area contributed by atoms with Gasteiger partial charge in [0.2, 0.25) is 0 Å². The van der Waals surface area contributed by atoms with Gasteiger partial charge in [-0.25, -0.2) is 4.98 Å². The molecule has 9 heteroatoms. The number of thiazole rings is 1. The standard InChI is InChI=1S/C18H14ClN5OS2/c1-10-13(19)5-6-14-15(10)21-18(26-14)24(9-12-4-3-7-20-8-12)17(25)16-11(2)22-23-27-16/h3-8H,9H2,1-2H3. The van der Waals surface area contributed by atoms with Gasteiger partial charge in [-0.3, -0.25) is 14.7 Å². The summed E-state index contributed by atoms with van der Waals surface area (Å²) in [6.45, 7) is 4.07. The van der Waals surface area contributed by atoms with Gasteiger partial charge in [-0.05, 0) is 54.7 Å². The topological polar surface area (TPSA) is 71.9 Å². The van der Waals surface area contributed by atoms with Crippen molar-refractivity contribution in [2.24, 2.45) is 0 Å². The number of benzene rings is 1. The van der Waals surface area contributed by atoms with E-state index in [4.69, 9.17) is 16.6 Å². The van der Waals surface area contributed by atoms with Crippen LogP contribution < -0.4 is 4.90 Å². The van der Waals surface area contributed by atoms with Gasteiger partial charge < -0.3 is 0 Å². The van der Waals surface area contributed by atoms with Crippen molar-refractivity contribution in [3.63, 3.8) is 0 Å². The number of hydrogen-bond acceptors (Lipinski definition) is 7. The lowest BCUT2D eigenvalue weighted by Gasteiger charge is -2.19. The highest BCUT2D eigenvalue weighted by atomic mass is 35.5. The Bertz CT molecular complexity index is 1130. The van der Waals surface area contributed by atoms with E-state index >= 15 is 0 Å². The summed E-state index contributed by atoms with van der Waals surface area (Å²) < 4.78 is 4.87. The van der Waals surface area contributed by atoms with E-state index in [1.165, 1.54) is 11.3 Å². The SMILES string of the molecule is Cc1nnsc1C(=O)N(Cc1cccnc1)c1nc2c(C)c(Cl)ccc2s1. The third-order valence-corrected chi connectivity index (χ3v) is 6.39. The molecule has 27 heavy (non-hydrogen) atoms. The van der Waals surface area contributed by atoms with Crippen molar-refractivity contribution in [2.75, 3.05) is 4.90 Å². The van der Waals surface area contributed by atoms with Crippen LogP contribution in [-0.4, -0.2) is 25.5 Å². The first kappa shape index (κ1) is 18.0. The Kier molecular flexibility index (Phi) is 4.86. The fraction of sp³-hybridized carbons (Fsp3) is 0.167.